The highest BCUT2D eigenvalue weighted by Crippen LogP contribution is 2.22. The largest absolute Gasteiger partial charge is 0.390 e. The Balaban J connectivity index is 2.14. The summed E-state index contributed by atoms with van der Waals surface area (Å²) in [6.07, 6.45) is 2.42. The van der Waals surface area contributed by atoms with Crippen molar-refractivity contribution < 1.29 is 5.11 Å². The molecule has 0 aromatic carbocycles. The first kappa shape index (κ1) is 9.68. The molecule has 4 heteroatoms. The number of aliphatic hydroxyl groups excluding tert-OH is 1. The second-order valence-electron chi connectivity index (χ2n) is 3.89. The Morgan fingerprint density at radius 2 is 2.57 bits per heavy atom. The average Bonchev–Trinajstić information content (AvgIpc) is 2.61. The first-order chi connectivity index (χ1) is 6.81. The average molecular weight is 195 g/mol. The highest BCUT2D eigenvalue weighted by molar-refractivity contribution is 5.15. The summed E-state index contributed by atoms with van der Waals surface area (Å²) >= 11 is 0. The molecule has 0 saturated carbocycles. The standard InChI is InChI=1S/C10H17N3O/c1-13-9(7-14)5-10(12-13)8-3-2-4-11-6-8/h5,8,11,14H,2-4,6-7H2,1H3. The van der Waals surface area contributed by atoms with Crippen molar-refractivity contribution in [3.05, 3.63) is 17.5 Å². The second kappa shape index (κ2) is 4.11. The smallest absolute Gasteiger partial charge is 0.0849 e. The Labute approximate surface area is 83.9 Å². The molecule has 1 aliphatic heterocycles. The van der Waals surface area contributed by atoms with E-state index < -0.39 is 0 Å². The van der Waals surface area contributed by atoms with Crippen molar-refractivity contribution in [1.82, 2.24) is 15.1 Å². The number of aliphatic hydroxyl groups is 1. The summed E-state index contributed by atoms with van der Waals surface area (Å²) in [6.45, 7) is 2.21. The third-order valence-electron chi connectivity index (χ3n) is 2.87. The van der Waals surface area contributed by atoms with Crippen molar-refractivity contribution in [3.63, 3.8) is 0 Å². The monoisotopic (exact) mass is 195 g/mol. The quantitative estimate of drug-likeness (QED) is 0.717. The van der Waals surface area contributed by atoms with Crippen LogP contribution in [0, 0.1) is 0 Å². The molecule has 14 heavy (non-hydrogen) atoms. The zero-order valence-corrected chi connectivity index (χ0v) is 8.53. The normalized spacial score (nSPS) is 22.6. The fourth-order valence-electron chi connectivity index (χ4n) is 1.98. The molecule has 0 radical (unpaired) electrons. The molecule has 0 bridgehead atoms. The maximum atomic E-state index is 9.05. The summed E-state index contributed by atoms with van der Waals surface area (Å²) in [5.41, 5.74) is 2.01. The van der Waals surface area contributed by atoms with E-state index in [9.17, 15) is 0 Å². The minimum absolute atomic E-state index is 0.0731. The minimum atomic E-state index is 0.0731. The Kier molecular flexibility index (Phi) is 2.84. The summed E-state index contributed by atoms with van der Waals surface area (Å²) in [7, 11) is 1.88. The molecule has 2 N–H and O–H groups in total. The summed E-state index contributed by atoms with van der Waals surface area (Å²) in [6, 6.07) is 2.01. The summed E-state index contributed by atoms with van der Waals surface area (Å²) in [5.74, 6) is 0.523. The van der Waals surface area contributed by atoms with Crippen LogP contribution in [0.1, 0.15) is 30.1 Å². The molecule has 78 valence electrons. The molecular formula is C10H17N3O. The topological polar surface area (TPSA) is 50.1 Å². The highest BCUT2D eigenvalue weighted by atomic mass is 16.3. The van der Waals surface area contributed by atoms with Gasteiger partial charge in [-0.3, -0.25) is 4.68 Å². The predicted molar refractivity (Wildman–Crippen MR) is 54.0 cm³/mol. The highest BCUT2D eigenvalue weighted by Gasteiger charge is 2.18. The van der Waals surface area contributed by atoms with Crippen LogP contribution >= 0.6 is 0 Å². The van der Waals surface area contributed by atoms with E-state index >= 15 is 0 Å². The van der Waals surface area contributed by atoms with Gasteiger partial charge >= 0.3 is 0 Å². The van der Waals surface area contributed by atoms with E-state index in [4.69, 9.17) is 5.11 Å². The number of hydrogen-bond donors (Lipinski definition) is 2. The van der Waals surface area contributed by atoms with Crippen LogP contribution in [0.25, 0.3) is 0 Å². The van der Waals surface area contributed by atoms with Crippen LogP contribution < -0.4 is 5.32 Å². The van der Waals surface area contributed by atoms with Gasteiger partial charge in [0.25, 0.3) is 0 Å². The fourth-order valence-corrected chi connectivity index (χ4v) is 1.98. The van der Waals surface area contributed by atoms with Crippen LogP contribution in [0.5, 0.6) is 0 Å². The van der Waals surface area contributed by atoms with Gasteiger partial charge < -0.3 is 10.4 Å². The van der Waals surface area contributed by atoms with Gasteiger partial charge in [-0.25, -0.2) is 0 Å². The Morgan fingerprint density at radius 3 is 3.14 bits per heavy atom. The Bertz CT molecular complexity index is 302. The molecule has 1 aromatic heterocycles. The molecule has 1 aliphatic rings. The summed E-state index contributed by atoms with van der Waals surface area (Å²) in [4.78, 5) is 0. The number of piperidine rings is 1. The van der Waals surface area contributed by atoms with Gasteiger partial charge in [-0.2, -0.15) is 5.10 Å². The van der Waals surface area contributed by atoms with Crippen LogP contribution in [0.15, 0.2) is 6.07 Å². The molecule has 1 fully saturated rings. The van der Waals surface area contributed by atoms with Crippen molar-refractivity contribution in [2.45, 2.75) is 25.4 Å². The van der Waals surface area contributed by atoms with Gasteiger partial charge in [0.2, 0.25) is 0 Å². The maximum Gasteiger partial charge on any atom is 0.0849 e. The van der Waals surface area contributed by atoms with Crippen LogP contribution in [-0.4, -0.2) is 28.0 Å². The number of aryl methyl sites for hydroxylation is 1. The van der Waals surface area contributed by atoms with Crippen molar-refractivity contribution >= 4 is 0 Å². The molecule has 0 amide bonds. The molecule has 2 heterocycles. The van der Waals surface area contributed by atoms with E-state index in [1.54, 1.807) is 4.68 Å². The number of nitrogens with one attached hydrogen (secondary N) is 1. The van der Waals surface area contributed by atoms with E-state index in [0.29, 0.717) is 5.92 Å². The lowest BCUT2D eigenvalue weighted by molar-refractivity contribution is 0.270. The van der Waals surface area contributed by atoms with Crippen LogP contribution in [0.2, 0.25) is 0 Å². The zero-order valence-electron chi connectivity index (χ0n) is 8.53. The molecule has 1 saturated heterocycles. The van der Waals surface area contributed by atoms with Crippen molar-refractivity contribution in [2.75, 3.05) is 13.1 Å². The van der Waals surface area contributed by atoms with Crippen molar-refractivity contribution in [3.8, 4) is 0 Å². The van der Waals surface area contributed by atoms with Crippen LogP contribution in [0.3, 0.4) is 0 Å². The van der Waals surface area contributed by atoms with E-state index in [1.165, 1.54) is 12.8 Å². The van der Waals surface area contributed by atoms with Crippen LogP contribution in [-0.2, 0) is 13.7 Å². The number of rotatable bonds is 2. The SMILES string of the molecule is Cn1nc(C2CCCNC2)cc1CO. The molecule has 0 aliphatic carbocycles. The molecular weight excluding hydrogens is 178 g/mol. The van der Waals surface area contributed by atoms with E-state index in [0.717, 1.165) is 24.5 Å². The Morgan fingerprint density at radius 1 is 1.71 bits per heavy atom. The first-order valence-electron chi connectivity index (χ1n) is 5.15. The minimum Gasteiger partial charge on any atom is -0.390 e. The molecule has 1 aromatic rings. The van der Waals surface area contributed by atoms with Gasteiger partial charge in [-0.15, -0.1) is 0 Å². The molecule has 1 atom stereocenters. The van der Waals surface area contributed by atoms with Gasteiger partial charge in [0, 0.05) is 19.5 Å². The second-order valence-corrected chi connectivity index (χ2v) is 3.89. The molecule has 4 nitrogen and oxygen atoms in total. The van der Waals surface area contributed by atoms with Crippen LogP contribution in [0.4, 0.5) is 0 Å². The van der Waals surface area contributed by atoms with Crippen molar-refractivity contribution in [1.29, 1.82) is 0 Å². The Hall–Kier alpha value is -0.870. The van der Waals surface area contributed by atoms with Gasteiger partial charge in [0.05, 0.1) is 18.0 Å². The summed E-state index contributed by atoms with van der Waals surface area (Å²) in [5, 5.41) is 16.8. The molecule has 1 unspecified atom stereocenters. The molecule has 2 rings (SSSR count). The third-order valence-corrected chi connectivity index (χ3v) is 2.87. The number of aromatic nitrogens is 2. The number of nitrogens with zero attached hydrogens (tertiary/aromatic N) is 2. The summed E-state index contributed by atoms with van der Waals surface area (Å²) < 4.78 is 1.77. The zero-order chi connectivity index (χ0) is 9.97. The van der Waals surface area contributed by atoms with Gasteiger partial charge in [-0.1, -0.05) is 0 Å². The lowest BCUT2D eigenvalue weighted by Gasteiger charge is -2.20. The third kappa shape index (κ3) is 1.81. The van der Waals surface area contributed by atoms with Gasteiger partial charge in [-0.05, 0) is 25.5 Å². The number of hydrogen-bond acceptors (Lipinski definition) is 3. The first-order valence-corrected chi connectivity index (χ1v) is 5.15. The lowest BCUT2D eigenvalue weighted by Crippen LogP contribution is -2.28. The maximum absolute atomic E-state index is 9.05. The van der Waals surface area contributed by atoms with Gasteiger partial charge in [0.1, 0.15) is 0 Å². The van der Waals surface area contributed by atoms with E-state index in [-0.39, 0.29) is 6.61 Å². The van der Waals surface area contributed by atoms with E-state index in [2.05, 4.69) is 10.4 Å². The van der Waals surface area contributed by atoms with Crippen molar-refractivity contribution in [2.24, 2.45) is 7.05 Å². The fraction of sp³-hybridized carbons (Fsp3) is 0.700. The van der Waals surface area contributed by atoms with Gasteiger partial charge in [0.15, 0.2) is 0 Å². The van der Waals surface area contributed by atoms with E-state index in [1.807, 2.05) is 13.1 Å². The molecule has 0 spiro atoms. The lowest BCUT2D eigenvalue weighted by atomic mass is 9.96. The predicted octanol–water partition coefficient (Wildman–Crippen LogP) is 0.379.